The molecule has 0 amide bonds. The second-order valence-corrected chi connectivity index (χ2v) is 4.46. The normalized spacial score (nSPS) is 11.5. The lowest BCUT2D eigenvalue weighted by Gasteiger charge is -2.09. The zero-order chi connectivity index (χ0) is 14.3. The topological polar surface area (TPSA) is 61.8 Å². The maximum absolute atomic E-state index is 11.3. The van der Waals surface area contributed by atoms with Crippen molar-refractivity contribution in [1.82, 2.24) is 0 Å². The molecular formula is C13H15BrO5. The van der Waals surface area contributed by atoms with Gasteiger partial charge in [-0.05, 0) is 24.6 Å². The summed E-state index contributed by atoms with van der Waals surface area (Å²) in [6.45, 7) is 1.92. The maximum atomic E-state index is 11.3. The molecule has 0 spiro atoms. The zero-order valence-electron chi connectivity index (χ0n) is 10.7. The van der Waals surface area contributed by atoms with E-state index in [1.54, 1.807) is 31.2 Å². The molecule has 0 aromatic heterocycles. The minimum atomic E-state index is -0.517. The van der Waals surface area contributed by atoms with Crippen LogP contribution in [-0.2, 0) is 19.1 Å². The monoisotopic (exact) mass is 330 g/mol. The fourth-order valence-electron chi connectivity index (χ4n) is 1.32. The van der Waals surface area contributed by atoms with Gasteiger partial charge in [0.15, 0.2) is 6.61 Å². The summed E-state index contributed by atoms with van der Waals surface area (Å²) in [5.41, 5.74) is 0.746. The summed E-state index contributed by atoms with van der Waals surface area (Å²) >= 11 is 3.23. The molecule has 1 atom stereocenters. The van der Waals surface area contributed by atoms with Crippen LogP contribution in [0.3, 0.4) is 0 Å². The van der Waals surface area contributed by atoms with Crippen LogP contribution in [-0.4, -0.2) is 32.3 Å². The molecule has 0 aliphatic heterocycles. The lowest BCUT2D eigenvalue weighted by Crippen LogP contribution is -2.14. The molecule has 1 rings (SSSR count). The highest BCUT2D eigenvalue weighted by Gasteiger charge is 2.17. The Morgan fingerprint density at radius 1 is 1.26 bits per heavy atom. The number of alkyl halides is 1. The lowest BCUT2D eigenvalue weighted by atomic mass is 10.1. The number of halogens is 1. The summed E-state index contributed by atoms with van der Waals surface area (Å²) in [5, 5.41) is 0. The van der Waals surface area contributed by atoms with Crippen molar-refractivity contribution in [2.24, 2.45) is 0 Å². The van der Waals surface area contributed by atoms with Gasteiger partial charge < -0.3 is 14.2 Å². The SMILES string of the molecule is CCOC(=O)COc1ccc(C(Br)C(=O)OC)cc1. The summed E-state index contributed by atoms with van der Waals surface area (Å²) < 4.78 is 14.6. The molecule has 1 aromatic rings. The Morgan fingerprint density at radius 3 is 2.42 bits per heavy atom. The van der Waals surface area contributed by atoms with E-state index in [2.05, 4.69) is 20.7 Å². The molecule has 0 saturated heterocycles. The van der Waals surface area contributed by atoms with Crippen LogP contribution in [0.15, 0.2) is 24.3 Å². The standard InChI is InChI=1S/C13H15BrO5/c1-3-18-11(15)8-19-10-6-4-9(5-7-10)12(14)13(16)17-2/h4-7,12H,3,8H2,1-2H3. The second-order valence-electron chi connectivity index (χ2n) is 3.55. The van der Waals surface area contributed by atoms with Crippen LogP contribution in [0.2, 0.25) is 0 Å². The fourth-order valence-corrected chi connectivity index (χ4v) is 1.81. The van der Waals surface area contributed by atoms with Crippen LogP contribution in [0.25, 0.3) is 0 Å². The third kappa shape index (κ3) is 4.90. The first-order valence-corrected chi connectivity index (χ1v) is 6.60. The van der Waals surface area contributed by atoms with E-state index >= 15 is 0 Å². The first-order chi connectivity index (χ1) is 9.08. The van der Waals surface area contributed by atoms with Crippen molar-refractivity contribution in [2.45, 2.75) is 11.8 Å². The van der Waals surface area contributed by atoms with E-state index in [-0.39, 0.29) is 12.6 Å². The Balaban J connectivity index is 2.56. The number of benzene rings is 1. The molecule has 0 radical (unpaired) electrons. The second kappa shape index (κ2) is 7.78. The number of methoxy groups -OCH3 is 1. The summed E-state index contributed by atoms with van der Waals surface area (Å²) in [4.78, 5) is 21.9. The van der Waals surface area contributed by atoms with E-state index in [1.807, 2.05) is 0 Å². The van der Waals surface area contributed by atoms with Gasteiger partial charge in [0.1, 0.15) is 10.6 Å². The molecule has 0 aliphatic carbocycles. The van der Waals surface area contributed by atoms with Crippen molar-refractivity contribution in [3.63, 3.8) is 0 Å². The van der Waals surface area contributed by atoms with Crippen LogP contribution in [0.5, 0.6) is 5.75 Å². The molecule has 0 N–H and O–H groups in total. The zero-order valence-corrected chi connectivity index (χ0v) is 12.3. The highest BCUT2D eigenvalue weighted by atomic mass is 79.9. The molecule has 104 valence electrons. The van der Waals surface area contributed by atoms with E-state index in [1.165, 1.54) is 7.11 Å². The molecule has 0 heterocycles. The van der Waals surface area contributed by atoms with Gasteiger partial charge in [-0.15, -0.1) is 0 Å². The van der Waals surface area contributed by atoms with Crippen LogP contribution < -0.4 is 4.74 Å². The Hall–Kier alpha value is -1.56. The Morgan fingerprint density at radius 2 is 1.89 bits per heavy atom. The van der Waals surface area contributed by atoms with Gasteiger partial charge in [0.2, 0.25) is 0 Å². The van der Waals surface area contributed by atoms with Crippen molar-refractivity contribution in [2.75, 3.05) is 20.3 Å². The van der Waals surface area contributed by atoms with Gasteiger partial charge in [-0.2, -0.15) is 0 Å². The third-order valence-electron chi connectivity index (χ3n) is 2.24. The van der Waals surface area contributed by atoms with E-state index < -0.39 is 10.8 Å². The molecule has 5 nitrogen and oxygen atoms in total. The van der Waals surface area contributed by atoms with Gasteiger partial charge >= 0.3 is 11.9 Å². The molecule has 6 heteroatoms. The largest absolute Gasteiger partial charge is 0.482 e. The smallest absolute Gasteiger partial charge is 0.344 e. The molecule has 1 aromatic carbocycles. The summed E-state index contributed by atoms with van der Waals surface area (Å²) in [6.07, 6.45) is 0. The first kappa shape index (κ1) is 15.5. The highest BCUT2D eigenvalue weighted by molar-refractivity contribution is 9.09. The van der Waals surface area contributed by atoms with Crippen LogP contribution in [0.1, 0.15) is 17.3 Å². The average molecular weight is 331 g/mol. The first-order valence-electron chi connectivity index (χ1n) is 5.68. The van der Waals surface area contributed by atoms with E-state index in [0.29, 0.717) is 12.4 Å². The quantitative estimate of drug-likeness (QED) is 0.591. The summed E-state index contributed by atoms with van der Waals surface area (Å²) in [6, 6.07) is 6.78. The molecule has 0 fully saturated rings. The van der Waals surface area contributed by atoms with Gasteiger partial charge in [0.05, 0.1) is 13.7 Å². The van der Waals surface area contributed by atoms with Gasteiger partial charge in [0.25, 0.3) is 0 Å². The summed E-state index contributed by atoms with van der Waals surface area (Å²) in [5.74, 6) is -0.263. The Kier molecular flexibility index (Phi) is 6.35. The highest BCUT2D eigenvalue weighted by Crippen LogP contribution is 2.25. The third-order valence-corrected chi connectivity index (χ3v) is 3.15. The predicted octanol–water partition coefficient (Wildman–Crippen LogP) is 2.24. The van der Waals surface area contributed by atoms with Gasteiger partial charge in [-0.25, -0.2) is 4.79 Å². The van der Waals surface area contributed by atoms with Crippen molar-refractivity contribution in [1.29, 1.82) is 0 Å². The average Bonchev–Trinajstić information content (AvgIpc) is 2.44. The van der Waals surface area contributed by atoms with Crippen molar-refractivity contribution < 1.29 is 23.8 Å². The van der Waals surface area contributed by atoms with Crippen LogP contribution in [0, 0.1) is 0 Å². The molecule has 0 bridgehead atoms. The van der Waals surface area contributed by atoms with E-state index in [9.17, 15) is 9.59 Å². The Labute approximate surface area is 120 Å². The van der Waals surface area contributed by atoms with Crippen molar-refractivity contribution >= 4 is 27.9 Å². The van der Waals surface area contributed by atoms with Gasteiger partial charge in [-0.1, -0.05) is 28.1 Å². The number of carbonyl (C=O) groups is 2. The molecule has 1 unspecified atom stereocenters. The molecule has 0 aliphatic rings. The fraction of sp³-hybridized carbons (Fsp3) is 0.385. The number of carbonyl (C=O) groups excluding carboxylic acids is 2. The molecule has 19 heavy (non-hydrogen) atoms. The molecular weight excluding hydrogens is 316 g/mol. The van der Waals surface area contributed by atoms with Gasteiger partial charge in [0, 0.05) is 0 Å². The predicted molar refractivity (Wildman–Crippen MR) is 72.3 cm³/mol. The number of ether oxygens (including phenoxy) is 3. The van der Waals surface area contributed by atoms with E-state index in [4.69, 9.17) is 9.47 Å². The number of hydrogen-bond donors (Lipinski definition) is 0. The maximum Gasteiger partial charge on any atom is 0.344 e. The van der Waals surface area contributed by atoms with Crippen molar-refractivity contribution in [3.05, 3.63) is 29.8 Å². The minimum Gasteiger partial charge on any atom is -0.482 e. The van der Waals surface area contributed by atoms with Crippen LogP contribution in [0.4, 0.5) is 0 Å². The lowest BCUT2D eigenvalue weighted by molar-refractivity contribution is -0.145. The van der Waals surface area contributed by atoms with Crippen LogP contribution >= 0.6 is 15.9 Å². The Bertz CT molecular complexity index is 429. The van der Waals surface area contributed by atoms with E-state index in [0.717, 1.165) is 5.56 Å². The minimum absolute atomic E-state index is 0.137. The van der Waals surface area contributed by atoms with Crippen molar-refractivity contribution in [3.8, 4) is 5.75 Å². The molecule has 0 saturated carbocycles. The number of rotatable bonds is 6. The number of esters is 2. The van der Waals surface area contributed by atoms with Gasteiger partial charge in [-0.3, -0.25) is 4.79 Å². The summed E-state index contributed by atoms with van der Waals surface area (Å²) in [7, 11) is 1.33. The number of hydrogen-bond acceptors (Lipinski definition) is 5.